The summed E-state index contributed by atoms with van der Waals surface area (Å²) < 4.78 is 0. The molecule has 0 heterocycles. The summed E-state index contributed by atoms with van der Waals surface area (Å²) in [5.41, 5.74) is 2.73. The summed E-state index contributed by atoms with van der Waals surface area (Å²) in [6.07, 6.45) is 5.55. The number of nitrogens with one attached hydrogen (secondary N) is 2. The van der Waals surface area contributed by atoms with Crippen LogP contribution in [-0.2, 0) is 0 Å². The average molecular weight is 276 g/mol. The van der Waals surface area contributed by atoms with Gasteiger partial charge >= 0.3 is 0 Å². The Morgan fingerprint density at radius 3 is 2.55 bits per heavy atom. The summed E-state index contributed by atoms with van der Waals surface area (Å²) in [5, 5.41) is 6.28. The second-order valence-corrected chi connectivity index (χ2v) is 5.40. The Kier molecular flexibility index (Phi) is 7.13. The molecule has 112 valence electrons. The molecule has 2 N–H and O–H groups in total. The molecule has 1 atom stereocenters. The fraction of sp³-hybridized carbons (Fsp3) is 0.588. The van der Waals surface area contributed by atoms with Crippen molar-refractivity contribution in [3.05, 3.63) is 29.3 Å². The third-order valence-electron chi connectivity index (χ3n) is 3.57. The SMILES string of the molecule is CCCCC(CCC)NC(=O)c1cc(C)ccc1NC. The van der Waals surface area contributed by atoms with E-state index < -0.39 is 0 Å². The molecule has 0 radical (unpaired) electrons. The topological polar surface area (TPSA) is 41.1 Å². The van der Waals surface area contributed by atoms with Crippen LogP contribution < -0.4 is 10.6 Å². The van der Waals surface area contributed by atoms with Gasteiger partial charge in [-0.25, -0.2) is 0 Å². The van der Waals surface area contributed by atoms with Crippen molar-refractivity contribution < 1.29 is 4.79 Å². The van der Waals surface area contributed by atoms with Crippen LogP contribution in [0.1, 0.15) is 61.9 Å². The van der Waals surface area contributed by atoms with Crippen LogP contribution in [0.25, 0.3) is 0 Å². The molecule has 0 aromatic heterocycles. The van der Waals surface area contributed by atoms with Gasteiger partial charge in [0.2, 0.25) is 0 Å². The van der Waals surface area contributed by atoms with Gasteiger partial charge in [-0.2, -0.15) is 0 Å². The molecule has 3 heteroatoms. The lowest BCUT2D eigenvalue weighted by molar-refractivity contribution is 0.0933. The number of benzene rings is 1. The van der Waals surface area contributed by atoms with Crippen LogP contribution in [0.5, 0.6) is 0 Å². The zero-order chi connectivity index (χ0) is 15.0. The molecule has 0 aliphatic rings. The Hall–Kier alpha value is -1.51. The molecular formula is C17H28N2O. The van der Waals surface area contributed by atoms with Gasteiger partial charge in [0.15, 0.2) is 0 Å². The molecule has 0 aliphatic heterocycles. The lowest BCUT2D eigenvalue weighted by Crippen LogP contribution is -2.35. The van der Waals surface area contributed by atoms with Crippen LogP contribution in [0.15, 0.2) is 18.2 Å². The van der Waals surface area contributed by atoms with E-state index in [9.17, 15) is 4.79 Å². The highest BCUT2D eigenvalue weighted by molar-refractivity contribution is 5.99. The standard InChI is InChI=1S/C17H28N2O/c1-5-7-9-14(8-6-2)19-17(20)15-12-13(3)10-11-16(15)18-4/h10-12,14,18H,5-9H2,1-4H3,(H,19,20). The number of anilines is 1. The monoisotopic (exact) mass is 276 g/mol. The first-order valence-electron chi connectivity index (χ1n) is 7.71. The number of amides is 1. The summed E-state index contributed by atoms with van der Waals surface area (Å²) in [6, 6.07) is 6.22. The van der Waals surface area contributed by atoms with Crippen molar-refractivity contribution in [3.8, 4) is 0 Å². The molecule has 1 unspecified atom stereocenters. The Labute approximate surface area is 123 Å². The zero-order valence-electron chi connectivity index (χ0n) is 13.3. The Balaban J connectivity index is 2.79. The molecule has 0 fully saturated rings. The maximum atomic E-state index is 12.5. The van der Waals surface area contributed by atoms with Gasteiger partial charge in [-0.05, 0) is 31.9 Å². The quantitative estimate of drug-likeness (QED) is 0.749. The fourth-order valence-electron chi connectivity index (χ4n) is 2.41. The molecule has 0 spiro atoms. The summed E-state index contributed by atoms with van der Waals surface area (Å²) in [6.45, 7) is 6.36. The largest absolute Gasteiger partial charge is 0.387 e. The van der Waals surface area contributed by atoms with Crippen LogP contribution in [0.2, 0.25) is 0 Å². The van der Waals surface area contributed by atoms with E-state index in [1.54, 1.807) is 0 Å². The van der Waals surface area contributed by atoms with Crippen LogP contribution in [0.4, 0.5) is 5.69 Å². The molecule has 20 heavy (non-hydrogen) atoms. The number of hydrogen-bond donors (Lipinski definition) is 2. The summed E-state index contributed by atoms with van der Waals surface area (Å²) >= 11 is 0. The van der Waals surface area contributed by atoms with Crippen LogP contribution in [0, 0.1) is 6.92 Å². The fourth-order valence-corrected chi connectivity index (χ4v) is 2.41. The van der Waals surface area contributed by atoms with Gasteiger partial charge in [0.1, 0.15) is 0 Å². The van der Waals surface area contributed by atoms with Gasteiger partial charge < -0.3 is 10.6 Å². The highest BCUT2D eigenvalue weighted by Crippen LogP contribution is 2.18. The lowest BCUT2D eigenvalue weighted by atomic mass is 10.0. The average Bonchev–Trinajstić information content (AvgIpc) is 2.44. The normalized spacial score (nSPS) is 12.0. The third-order valence-corrected chi connectivity index (χ3v) is 3.57. The van der Waals surface area contributed by atoms with Crippen molar-refractivity contribution in [2.75, 3.05) is 12.4 Å². The first kappa shape index (κ1) is 16.5. The smallest absolute Gasteiger partial charge is 0.253 e. The van der Waals surface area contributed by atoms with Crippen LogP contribution in [0.3, 0.4) is 0 Å². The maximum absolute atomic E-state index is 12.5. The third kappa shape index (κ3) is 4.87. The second-order valence-electron chi connectivity index (χ2n) is 5.40. The van der Waals surface area contributed by atoms with Crippen LogP contribution in [-0.4, -0.2) is 19.0 Å². The van der Waals surface area contributed by atoms with E-state index in [0.717, 1.165) is 42.5 Å². The van der Waals surface area contributed by atoms with Gasteiger partial charge in [0.05, 0.1) is 5.56 Å². The van der Waals surface area contributed by atoms with E-state index >= 15 is 0 Å². The van der Waals surface area contributed by atoms with Gasteiger partial charge in [0.25, 0.3) is 5.91 Å². The Bertz CT molecular complexity index is 429. The Morgan fingerprint density at radius 1 is 1.20 bits per heavy atom. The molecule has 0 saturated carbocycles. The first-order chi connectivity index (χ1) is 9.62. The molecule has 0 bridgehead atoms. The van der Waals surface area contributed by atoms with Crippen molar-refractivity contribution in [3.63, 3.8) is 0 Å². The van der Waals surface area contributed by atoms with E-state index in [0.29, 0.717) is 0 Å². The molecular weight excluding hydrogens is 248 g/mol. The highest BCUT2D eigenvalue weighted by Gasteiger charge is 2.15. The minimum atomic E-state index is 0.0348. The van der Waals surface area contributed by atoms with E-state index in [1.165, 1.54) is 6.42 Å². The summed E-state index contributed by atoms with van der Waals surface area (Å²) in [4.78, 5) is 12.5. The summed E-state index contributed by atoms with van der Waals surface area (Å²) in [7, 11) is 1.85. The van der Waals surface area contributed by atoms with Crippen molar-refractivity contribution in [2.45, 2.75) is 58.9 Å². The van der Waals surface area contributed by atoms with Gasteiger partial charge in [0, 0.05) is 18.8 Å². The Morgan fingerprint density at radius 2 is 1.95 bits per heavy atom. The number of carbonyl (C=O) groups is 1. The molecule has 3 nitrogen and oxygen atoms in total. The first-order valence-corrected chi connectivity index (χ1v) is 7.71. The molecule has 0 saturated heterocycles. The summed E-state index contributed by atoms with van der Waals surface area (Å²) in [5.74, 6) is 0.0348. The minimum Gasteiger partial charge on any atom is -0.387 e. The molecule has 1 amide bonds. The minimum absolute atomic E-state index is 0.0348. The van der Waals surface area contributed by atoms with Gasteiger partial charge in [-0.3, -0.25) is 4.79 Å². The zero-order valence-corrected chi connectivity index (χ0v) is 13.3. The molecule has 1 aromatic carbocycles. The van der Waals surface area contributed by atoms with Gasteiger partial charge in [-0.1, -0.05) is 44.7 Å². The number of carbonyl (C=O) groups excluding carboxylic acids is 1. The number of aryl methyl sites for hydroxylation is 1. The van der Waals surface area contributed by atoms with Gasteiger partial charge in [-0.15, -0.1) is 0 Å². The molecule has 1 aromatic rings. The van der Waals surface area contributed by atoms with E-state index in [1.807, 2.05) is 32.2 Å². The van der Waals surface area contributed by atoms with Crippen molar-refractivity contribution in [2.24, 2.45) is 0 Å². The van der Waals surface area contributed by atoms with E-state index in [-0.39, 0.29) is 11.9 Å². The van der Waals surface area contributed by atoms with Crippen molar-refractivity contribution in [1.29, 1.82) is 0 Å². The van der Waals surface area contributed by atoms with Crippen LogP contribution >= 0.6 is 0 Å². The van der Waals surface area contributed by atoms with Crippen molar-refractivity contribution >= 4 is 11.6 Å². The number of hydrogen-bond acceptors (Lipinski definition) is 2. The van der Waals surface area contributed by atoms with E-state index in [4.69, 9.17) is 0 Å². The number of unbranched alkanes of at least 4 members (excludes halogenated alkanes) is 1. The maximum Gasteiger partial charge on any atom is 0.253 e. The van der Waals surface area contributed by atoms with E-state index in [2.05, 4.69) is 24.5 Å². The predicted octanol–water partition coefficient (Wildman–Crippen LogP) is 4.13. The molecule has 1 rings (SSSR count). The predicted molar refractivity (Wildman–Crippen MR) is 86.4 cm³/mol. The second kappa shape index (κ2) is 8.62. The van der Waals surface area contributed by atoms with Crippen molar-refractivity contribution in [1.82, 2.24) is 5.32 Å². The highest BCUT2D eigenvalue weighted by atomic mass is 16.1. The number of rotatable bonds is 8. The molecule has 0 aliphatic carbocycles. The lowest BCUT2D eigenvalue weighted by Gasteiger charge is -2.19.